The molecule has 8 heteroatoms. The van der Waals surface area contributed by atoms with Gasteiger partial charge in [-0.25, -0.2) is 0 Å². The molecule has 3 nitrogen and oxygen atoms in total. The van der Waals surface area contributed by atoms with Crippen LogP contribution in [0, 0.1) is 11.3 Å². The van der Waals surface area contributed by atoms with Gasteiger partial charge in [0.05, 0.1) is 11.0 Å². The van der Waals surface area contributed by atoms with Gasteiger partial charge in [-0.2, -0.15) is 18.4 Å². The van der Waals surface area contributed by atoms with Crippen molar-refractivity contribution >= 4 is 32.3 Å². The molecule has 2 heterocycles. The first-order chi connectivity index (χ1) is 9.34. The maximum absolute atomic E-state index is 12.7. The van der Waals surface area contributed by atoms with Crippen molar-refractivity contribution in [2.45, 2.75) is 37.6 Å². The number of nitriles is 1. The first-order valence-corrected chi connectivity index (χ1v) is 7.66. The van der Waals surface area contributed by atoms with Gasteiger partial charge in [-0.3, -0.25) is 0 Å². The fourth-order valence-corrected chi connectivity index (χ4v) is 3.98. The number of hydrogen-bond acceptors (Lipinski definition) is 4. The average molecular weight is 369 g/mol. The van der Waals surface area contributed by atoms with E-state index in [1.165, 1.54) is 0 Å². The van der Waals surface area contributed by atoms with Crippen LogP contribution >= 0.6 is 27.3 Å². The van der Waals surface area contributed by atoms with Crippen LogP contribution < -0.4 is 4.90 Å². The van der Waals surface area contributed by atoms with Gasteiger partial charge in [0.15, 0.2) is 6.10 Å². The Morgan fingerprint density at radius 3 is 2.75 bits per heavy atom. The van der Waals surface area contributed by atoms with E-state index in [0.29, 0.717) is 27.3 Å². The lowest BCUT2D eigenvalue weighted by molar-refractivity contribution is -0.211. The predicted octanol–water partition coefficient (Wildman–Crippen LogP) is 3.66. The summed E-state index contributed by atoms with van der Waals surface area (Å²) in [7, 11) is 0. The highest BCUT2D eigenvalue weighted by Crippen LogP contribution is 2.39. The standard InChI is InChI=1S/C12H12BrF3N2OS/c13-7-5-10(20-9(7)6-17)18-4-2-1-3-8(18)11(19)12(14,15)16/h5,8,11,19H,1-4H2. The van der Waals surface area contributed by atoms with Crippen LogP contribution in [0.4, 0.5) is 18.2 Å². The molecule has 1 saturated heterocycles. The third kappa shape index (κ3) is 3.10. The van der Waals surface area contributed by atoms with E-state index in [9.17, 15) is 18.3 Å². The van der Waals surface area contributed by atoms with Crippen LogP contribution in [0.2, 0.25) is 0 Å². The molecule has 20 heavy (non-hydrogen) atoms. The van der Waals surface area contributed by atoms with Gasteiger partial charge in [0, 0.05) is 11.0 Å². The van der Waals surface area contributed by atoms with E-state index in [4.69, 9.17) is 5.26 Å². The third-order valence-electron chi connectivity index (χ3n) is 3.31. The molecular formula is C12H12BrF3N2OS. The van der Waals surface area contributed by atoms with Crippen LogP contribution in [-0.2, 0) is 0 Å². The molecule has 1 aliphatic rings. The van der Waals surface area contributed by atoms with Gasteiger partial charge in [-0.15, -0.1) is 11.3 Å². The molecule has 0 bridgehead atoms. The summed E-state index contributed by atoms with van der Waals surface area (Å²) in [6.45, 7) is 0.454. The summed E-state index contributed by atoms with van der Waals surface area (Å²) in [5.74, 6) is 0. The molecule has 0 amide bonds. The van der Waals surface area contributed by atoms with Gasteiger partial charge >= 0.3 is 6.18 Å². The highest BCUT2D eigenvalue weighted by Gasteiger charge is 2.46. The molecule has 1 fully saturated rings. The minimum atomic E-state index is -4.63. The first kappa shape index (κ1) is 15.6. The number of hydrogen-bond donors (Lipinski definition) is 1. The Balaban J connectivity index is 2.29. The molecule has 0 aromatic carbocycles. The van der Waals surface area contributed by atoms with Crippen LogP contribution in [0.5, 0.6) is 0 Å². The number of anilines is 1. The van der Waals surface area contributed by atoms with Crippen LogP contribution in [0.15, 0.2) is 10.5 Å². The highest BCUT2D eigenvalue weighted by atomic mass is 79.9. The molecule has 2 unspecified atom stereocenters. The zero-order chi connectivity index (χ0) is 14.9. The highest BCUT2D eigenvalue weighted by molar-refractivity contribution is 9.10. The van der Waals surface area contributed by atoms with Crippen LogP contribution in [0.1, 0.15) is 24.1 Å². The zero-order valence-electron chi connectivity index (χ0n) is 10.3. The van der Waals surface area contributed by atoms with E-state index in [1.807, 2.05) is 6.07 Å². The van der Waals surface area contributed by atoms with Crippen LogP contribution in [0.3, 0.4) is 0 Å². The third-order valence-corrected chi connectivity index (χ3v) is 5.27. The second-order valence-corrected chi connectivity index (χ2v) is 6.50. The van der Waals surface area contributed by atoms with Crippen molar-refractivity contribution in [1.29, 1.82) is 5.26 Å². The molecule has 2 rings (SSSR count). The van der Waals surface area contributed by atoms with Gasteiger partial charge in [0.25, 0.3) is 0 Å². The summed E-state index contributed by atoms with van der Waals surface area (Å²) in [4.78, 5) is 1.99. The zero-order valence-corrected chi connectivity index (χ0v) is 12.7. The lowest BCUT2D eigenvalue weighted by Crippen LogP contribution is -2.52. The van der Waals surface area contributed by atoms with Crippen molar-refractivity contribution in [2.75, 3.05) is 11.4 Å². The summed E-state index contributed by atoms with van der Waals surface area (Å²) in [5, 5.41) is 19.0. The molecule has 110 valence electrons. The fraction of sp³-hybridized carbons (Fsp3) is 0.583. The van der Waals surface area contributed by atoms with Crippen LogP contribution in [0.25, 0.3) is 0 Å². The summed E-state index contributed by atoms with van der Waals surface area (Å²) in [5.41, 5.74) is 0. The number of rotatable bonds is 2. The van der Waals surface area contributed by atoms with Gasteiger partial charge < -0.3 is 10.0 Å². The van der Waals surface area contributed by atoms with Crippen molar-refractivity contribution in [3.8, 4) is 6.07 Å². The quantitative estimate of drug-likeness (QED) is 0.866. The summed E-state index contributed by atoms with van der Waals surface area (Å²) in [6.07, 6.45) is -5.27. The number of piperidine rings is 1. The Morgan fingerprint density at radius 1 is 1.50 bits per heavy atom. The van der Waals surface area contributed by atoms with E-state index in [0.717, 1.165) is 17.8 Å². The van der Waals surface area contributed by atoms with Crippen molar-refractivity contribution < 1.29 is 18.3 Å². The number of thiophene rings is 1. The SMILES string of the molecule is N#Cc1sc(N2CCCCC2C(O)C(F)(F)F)cc1Br. The van der Waals surface area contributed by atoms with E-state index in [-0.39, 0.29) is 6.42 Å². The average Bonchev–Trinajstić information content (AvgIpc) is 2.78. The molecule has 1 aromatic heterocycles. The Hall–Kier alpha value is -0.780. The number of aliphatic hydroxyl groups is 1. The van der Waals surface area contributed by atoms with Gasteiger partial charge in [-0.1, -0.05) is 0 Å². The first-order valence-electron chi connectivity index (χ1n) is 6.05. The fourth-order valence-electron chi connectivity index (χ4n) is 2.35. The Kier molecular flexibility index (Phi) is 4.62. The molecule has 0 radical (unpaired) electrons. The minimum Gasteiger partial charge on any atom is -0.382 e. The van der Waals surface area contributed by atoms with Gasteiger partial charge in [-0.05, 0) is 41.3 Å². The second kappa shape index (κ2) is 5.92. The van der Waals surface area contributed by atoms with Crippen LogP contribution in [-0.4, -0.2) is 30.0 Å². The minimum absolute atomic E-state index is 0.290. The topological polar surface area (TPSA) is 47.3 Å². The van der Waals surface area contributed by atoms with E-state index in [1.54, 1.807) is 11.0 Å². The number of nitrogens with zero attached hydrogens (tertiary/aromatic N) is 2. The Morgan fingerprint density at radius 2 is 2.20 bits per heavy atom. The normalized spacial score (nSPS) is 21.6. The molecule has 1 aliphatic heterocycles. The maximum Gasteiger partial charge on any atom is 0.416 e. The van der Waals surface area contributed by atoms with Gasteiger partial charge in [0.1, 0.15) is 10.9 Å². The summed E-state index contributed by atoms with van der Waals surface area (Å²) in [6, 6.07) is 2.65. The molecule has 2 atom stereocenters. The van der Waals surface area contributed by atoms with E-state index in [2.05, 4.69) is 15.9 Å². The lowest BCUT2D eigenvalue weighted by Gasteiger charge is -2.39. The molecule has 0 aliphatic carbocycles. The number of aliphatic hydroxyl groups excluding tert-OH is 1. The molecular weight excluding hydrogens is 357 g/mol. The Labute approximate surface area is 126 Å². The lowest BCUT2D eigenvalue weighted by atomic mass is 9.97. The number of halogens is 4. The van der Waals surface area contributed by atoms with E-state index < -0.39 is 18.3 Å². The molecule has 0 saturated carbocycles. The van der Waals surface area contributed by atoms with E-state index >= 15 is 0 Å². The van der Waals surface area contributed by atoms with Crippen molar-refractivity contribution in [2.24, 2.45) is 0 Å². The molecule has 0 spiro atoms. The Bertz CT molecular complexity index is 526. The molecule has 1 aromatic rings. The second-order valence-electron chi connectivity index (χ2n) is 4.62. The monoisotopic (exact) mass is 368 g/mol. The maximum atomic E-state index is 12.7. The van der Waals surface area contributed by atoms with Crippen molar-refractivity contribution in [1.82, 2.24) is 0 Å². The number of alkyl halides is 3. The van der Waals surface area contributed by atoms with Crippen molar-refractivity contribution in [3.63, 3.8) is 0 Å². The smallest absolute Gasteiger partial charge is 0.382 e. The van der Waals surface area contributed by atoms with Crippen molar-refractivity contribution in [3.05, 3.63) is 15.4 Å². The predicted molar refractivity (Wildman–Crippen MR) is 73.8 cm³/mol. The summed E-state index contributed by atoms with van der Waals surface area (Å²) >= 11 is 4.35. The van der Waals surface area contributed by atoms with Gasteiger partial charge in [0.2, 0.25) is 0 Å². The molecule has 1 N–H and O–H groups in total. The summed E-state index contributed by atoms with van der Waals surface area (Å²) < 4.78 is 38.8. The largest absolute Gasteiger partial charge is 0.416 e.